The van der Waals surface area contributed by atoms with Crippen molar-refractivity contribution in [3.05, 3.63) is 22.4 Å². The van der Waals surface area contributed by atoms with Crippen LogP contribution in [-0.2, 0) is 0 Å². The van der Waals surface area contributed by atoms with Crippen LogP contribution in [-0.4, -0.2) is 37.0 Å². The minimum atomic E-state index is 0.209. The van der Waals surface area contributed by atoms with Gasteiger partial charge in [-0.25, -0.2) is 0 Å². The molecule has 0 bridgehead atoms. The summed E-state index contributed by atoms with van der Waals surface area (Å²) in [5.41, 5.74) is 0. The van der Waals surface area contributed by atoms with Crippen molar-refractivity contribution in [3.8, 4) is 0 Å². The number of carbonyl (C=O) groups is 1. The van der Waals surface area contributed by atoms with Gasteiger partial charge in [0.05, 0.1) is 4.88 Å². The van der Waals surface area contributed by atoms with Gasteiger partial charge in [0.25, 0.3) is 5.91 Å². The average molecular weight is 280 g/mol. The number of fused-ring (bicyclic) bond motifs is 1. The Kier molecular flexibility index (Phi) is 3.37. The van der Waals surface area contributed by atoms with Crippen LogP contribution >= 0.6 is 22.7 Å². The van der Waals surface area contributed by atoms with Crippen LogP contribution in [0.3, 0.4) is 0 Å². The Hall–Kier alpha value is -0.910. The summed E-state index contributed by atoms with van der Waals surface area (Å²) in [6, 6.07) is 4.50. The lowest BCUT2D eigenvalue weighted by Crippen LogP contribution is -2.40. The monoisotopic (exact) mass is 280 g/mol. The lowest BCUT2D eigenvalue weighted by atomic mass is 10.2. The van der Waals surface area contributed by atoms with Crippen molar-refractivity contribution in [3.63, 3.8) is 0 Å². The van der Waals surface area contributed by atoms with Crippen LogP contribution in [0.5, 0.6) is 0 Å². The molecule has 1 amide bonds. The molecule has 3 rings (SSSR count). The number of thiophene rings is 2. The number of likely N-dealkylation sites (tertiary alicyclic amines) is 1. The van der Waals surface area contributed by atoms with Crippen LogP contribution in [0.15, 0.2) is 17.5 Å². The summed E-state index contributed by atoms with van der Waals surface area (Å²) >= 11 is 3.32. The first-order valence-electron chi connectivity index (χ1n) is 6.22. The Bertz CT molecular complexity index is 532. The molecule has 3 heterocycles. The van der Waals surface area contributed by atoms with Crippen LogP contribution in [0.4, 0.5) is 0 Å². The Morgan fingerprint density at radius 2 is 2.44 bits per heavy atom. The Balaban J connectivity index is 1.83. The van der Waals surface area contributed by atoms with E-state index < -0.39 is 0 Å². The first-order chi connectivity index (χ1) is 8.79. The maximum Gasteiger partial charge on any atom is 0.264 e. The summed E-state index contributed by atoms with van der Waals surface area (Å²) in [5, 5.41) is 5.26. The SMILES string of the molecule is CNCC1CCCN1C(=O)c1cc2sccc2s1. The fraction of sp³-hybridized carbons (Fsp3) is 0.462. The van der Waals surface area contributed by atoms with E-state index in [2.05, 4.69) is 16.8 Å². The van der Waals surface area contributed by atoms with Crippen molar-refractivity contribution < 1.29 is 4.79 Å². The van der Waals surface area contributed by atoms with Gasteiger partial charge in [0.2, 0.25) is 0 Å². The molecule has 2 aromatic heterocycles. The van der Waals surface area contributed by atoms with Crippen molar-refractivity contribution in [2.45, 2.75) is 18.9 Å². The third-order valence-corrected chi connectivity index (χ3v) is 5.51. The molecule has 18 heavy (non-hydrogen) atoms. The second kappa shape index (κ2) is 4.99. The van der Waals surface area contributed by atoms with E-state index in [1.54, 1.807) is 22.7 Å². The third kappa shape index (κ3) is 2.06. The van der Waals surface area contributed by atoms with Crippen molar-refractivity contribution in [1.82, 2.24) is 10.2 Å². The average Bonchev–Trinajstić information content (AvgIpc) is 3.02. The molecule has 1 atom stereocenters. The largest absolute Gasteiger partial charge is 0.334 e. The van der Waals surface area contributed by atoms with Crippen molar-refractivity contribution in [2.24, 2.45) is 0 Å². The third-order valence-electron chi connectivity index (χ3n) is 3.43. The van der Waals surface area contributed by atoms with Crippen LogP contribution in [0.2, 0.25) is 0 Å². The highest BCUT2D eigenvalue weighted by molar-refractivity contribution is 7.27. The maximum absolute atomic E-state index is 12.5. The van der Waals surface area contributed by atoms with Gasteiger partial charge < -0.3 is 10.2 Å². The van der Waals surface area contributed by atoms with Gasteiger partial charge in [-0.2, -0.15) is 0 Å². The smallest absolute Gasteiger partial charge is 0.264 e. The zero-order chi connectivity index (χ0) is 12.5. The standard InChI is InChI=1S/C13H16N2OS2/c1-14-8-9-3-2-5-15(9)13(16)12-7-11-10(18-12)4-6-17-11/h4,6-7,9,14H,2-3,5,8H2,1H3. The molecule has 1 aliphatic rings. The molecule has 96 valence electrons. The highest BCUT2D eigenvalue weighted by atomic mass is 32.1. The summed E-state index contributed by atoms with van der Waals surface area (Å²) in [6.07, 6.45) is 2.24. The normalized spacial score (nSPS) is 19.8. The molecule has 1 N–H and O–H groups in total. The fourth-order valence-electron chi connectivity index (χ4n) is 2.56. The molecule has 3 nitrogen and oxygen atoms in total. The Morgan fingerprint density at radius 3 is 3.22 bits per heavy atom. The van der Waals surface area contributed by atoms with Crippen LogP contribution in [0.1, 0.15) is 22.5 Å². The number of hydrogen-bond acceptors (Lipinski definition) is 4. The predicted molar refractivity (Wildman–Crippen MR) is 77.7 cm³/mol. The first kappa shape index (κ1) is 12.1. The molecule has 1 aliphatic heterocycles. The van der Waals surface area contributed by atoms with E-state index in [0.29, 0.717) is 6.04 Å². The molecule has 2 aromatic rings. The molecular weight excluding hydrogens is 264 g/mol. The molecule has 1 unspecified atom stereocenters. The quantitative estimate of drug-likeness (QED) is 0.937. The minimum absolute atomic E-state index is 0.209. The lowest BCUT2D eigenvalue weighted by Gasteiger charge is -2.23. The second-order valence-electron chi connectivity index (χ2n) is 4.61. The van der Waals surface area contributed by atoms with E-state index in [1.165, 1.54) is 9.40 Å². The van der Waals surface area contributed by atoms with Crippen molar-refractivity contribution >= 4 is 38.0 Å². The highest BCUT2D eigenvalue weighted by Crippen LogP contribution is 2.32. The van der Waals surface area contributed by atoms with Crippen LogP contribution in [0.25, 0.3) is 9.40 Å². The lowest BCUT2D eigenvalue weighted by molar-refractivity contribution is 0.0742. The molecule has 0 radical (unpaired) electrons. The summed E-state index contributed by atoms with van der Waals surface area (Å²) in [4.78, 5) is 15.4. The van der Waals surface area contributed by atoms with Gasteiger partial charge >= 0.3 is 0 Å². The zero-order valence-electron chi connectivity index (χ0n) is 10.3. The van der Waals surface area contributed by atoms with Crippen LogP contribution in [0, 0.1) is 0 Å². The number of likely N-dealkylation sites (N-methyl/N-ethyl adjacent to an activating group) is 1. The molecule has 0 aliphatic carbocycles. The number of hydrogen-bond donors (Lipinski definition) is 1. The van der Waals surface area contributed by atoms with E-state index in [-0.39, 0.29) is 5.91 Å². The minimum Gasteiger partial charge on any atom is -0.334 e. The highest BCUT2D eigenvalue weighted by Gasteiger charge is 2.29. The summed E-state index contributed by atoms with van der Waals surface area (Å²) in [6.45, 7) is 1.79. The van der Waals surface area contributed by atoms with E-state index in [4.69, 9.17) is 0 Å². The maximum atomic E-state index is 12.5. The Labute approximate surface area is 114 Å². The molecule has 0 saturated carbocycles. The van der Waals surface area contributed by atoms with Gasteiger partial charge in [-0.1, -0.05) is 0 Å². The number of carbonyl (C=O) groups excluding carboxylic acids is 1. The van der Waals surface area contributed by atoms with Gasteiger partial charge in [0.15, 0.2) is 0 Å². The van der Waals surface area contributed by atoms with Gasteiger partial charge in [-0.15, -0.1) is 22.7 Å². The van der Waals surface area contributed by atoms with Gasteiger partial charge in [0, 0.05) is 28.5 Å². The summed E-state index contributed by atoms with van der Waals surface area (Å²) in [7, 11) is 1.95. The molecule has 0 spiro atoms. The Morgan fingerprint density at radius 1 is 1.56 bits per heavy atom. The molecule has 1 fully saturated rings. The number of nitrogens with zero attached hydrogens (tertiary/aromatic N) is 1. The van der Waals surface area contributed by atoms with Crippen molar-refractivity contribution in [1.29, 1.82) is 0 Å². The van der Waals surface area contributed by atoms with E-state index in [0.717, 1.165) is 30.8 Å². The molecular formula is C13H16N2OS2. The van der Waals surface area contributed by atoms with Crippen molar-refractivity contribution in [2.75, 3.05) is 20.1 Å². The van der Waals surface area contributed by atoms with Gasteiger partial charge in [0.1, 0.15) is 0 Å². The van der Waals surface area contributed by atoms with E-state index in [9.17, 15) is 4.79 Å². The van der Waals surface area contributed by atoms with Crippen LogP contribution < -0.4 is 5.32 Å². The zero-order valence-corrected chi connectivity index (χ0v) is 11.9. The summed E-state index contributed by atoms with van der Waals surface area (Å²) < 4.78 is 2.46. The number of amides is 1. The fourth-order valence-corrected chi connectivity index (χ4v) is 4.63. The molecule has 0 aromatic carbocycles. The number of nitrogens with one attached hydrogen (secondary N) is 1. The van der Waals surface area contributed by atoms with E-state index >= 15 is 0 Å². The second-order valence-corrected chi connectivity index (χ2v) is 6.64. The van der Waals surface area contributed by atoms with Gasteiger partial charge in [-0.3, -0.25) is 4.79 Å². The topological polar surface area (TPSA) is 32.3 Å². The molecule has 5 heteroatoms. The van der Waals surface area contributed by atoms with E-state index in [1.807, 2.05) is 18.0 Å². The first-order valence-corrected chi connectivity index (χ1v) is 7.92. The number of rotatable bonds is 3. The summed E-state index contributed by atoms with van der Waals surface area (Å²) in [5.74, 6) is 0.209. The predicted octanol–water partition coefficient (Wildman–Crippen LogP) is 2.79. The molecule has 1 saturated heterocycles. The van der Waals surface area contributed by atoms with Gasteiger partial charge in [-0.05, 0) is 37.4 Å².